The van der Waals surface area contributed by atoms with E-state index in [1.54, 1.807) is 12.5 Å². The summed E-state index contributed by atoms with van der Waals surface area (Å²) in [5.41, 5.74) is 4.05. The molecule has 1 aromatic heterocycles. The van der Waals surface area contributed by atoms with Gasteiger partial charge in [-0.05, 0) is 42.8 Å². The summed E-state index contributed by atoms with van der Waals surface area (Å²) in [4.78, 5) is 0. The molecule has 1 fully saturated rings. The fourth-order valence-electron chi connectivity index (χ4n) is 2.09. The van der Waals surface area contributed by atoms with E-state index in [4.69, 9.17) is 10.3 Å². The monoisotopic (exact) mass is 226 g/mol. The summed E-state index contributed by atoms with van der Waals surface area (Å²) < 4.78 is 5.09. The summed E-state index contributed by atoms with van der Waals surface area (Å²) in [6.45, 7) is 0. The molecule has 84 valence electrons. The van der Waals surface area contributed by atoms with Crippen LogP contribution in [0.25, 0.3) is 0 Å². The first kappa shape index (κ1) is 11.0. The molecule has 0 bridgehead atoms. The van der Waals surface area contributed by atoms with Gasteiger partial charge in [0, 0.05) is 11.6 Å². The molecule has 1 aliphatic heterocycles. The Kier molecular flexibility index (Phi) is 4.11. The van der Waals surface area contributed by atoms with Crippen LogP contribution in [0.5, 0.6) is 0 Å². The molecule has 2 rings (SSSR count). The fourth-order valence-corrected chi connectivity index (χ4v) is 3.29. The van der Waals surface area contributed by atoms with Crippen molar-refractivity contribution < 1.29 is 4.42 Å². The Balaban J connectivity index is 1.90. The lowest BCUT2D eigenvalue weighted by molar-refractivity contribution is 0.372. The van der Waals surface area contributed by atoms with E-state index >= 15 is 0 Å². The highest BCUT2D eigenvalue weighted by atomic mass is 32.2. The Morgan fingerprint density at radius 1 is 1.53 bits per heavy atom. The van der Waals surface area contributed by atoms with Gasteiger partial charge in [-0.2, -0.15) is 11.8 Å². The van der Waals surface area contributed by atoms with Crippen molar-refractivity contribution in [3.63, 3.8) is 0 Å². The molecule has 0 saturated carbocycles. The van der Waals surface area contributed by atoms with Gasteiger partial charge >= 0.3 is 0 Å². The SMILES string of the molecule is NNC(CC1CCSCC1)c1ccoc1. The first-order valence-electron chi connectivity index (χ1n) is 5.46. The first-order valence-corrected chi connectivity index (χ1v) is 6.61. The van der Waals surface area contributed by atoms with Gasteiger partial charge in [0.2, 0.25) is 0 Å². The average Bonchev–Trinajstić information content (AvgIpc) is 2.81. The van der Waals surface area contributed by atoms with Crippen LogP contribution < -0.4 is 11.3 Å². The normalized spacial score (nSPS) is 20.3. The van der Waals surface area contributed by atoms with Gasteiger partial charge < -0.3 is 4.42 Å². The number of thioether (sulfide) groups is 1. The Bertz CT molecular complexity index is 270. The van der Waals surface area contributed by atoms with Crippen LogP contribution in [0.15, 0.2) is 23.0 Å². The van der Waals surface area contributed by atoms with Gasteiger partial charge in [-0.15, -0.1) is 0 Å². The lowest BCUT2D eigenvalue weighted by Crippen LogP contribution is -2.30. The lowest BCUT2D eigenvalue weighted by Gasteiger charge is -2.25. The molecule has 3 nitrogen and oxygen atoms in total. The number of rotatable bonds is 4. The summed E-state index contributed by atoms with van der Waals surface area (Å²) in [6, 6.07) is 2.24. The minimum Gasteiger partial charge on any atom is -0.472 e. The zero-order valence-corrected chi connectivity index (χ0v) is 9.63. The average molecular weight is 226 g/mol. The molecule has 0 spiro atoms. The zero-order chi connectivity index (χ0) is 10.5. The third kappa shape index (κ3) is 3.00. The molecule has 1 atom stereocenters. The second-order valence-electron chi connectivity index (χ2n) is 4.07. The molecule has 4 heteroatoms. The molecular formula is C11H18N2OS. The first-order chi connectivity index (χ1) is 7.40. The summed E-state index contributed by atoms with van der Waals surface area (Å²) in [7, 11) is 0. The Morgan fingerprint density at radius 2 is 2.33 bits per heavy atom. The number of hydrogen-bond donors (Lipinski definition) is 2. The summed E-state index contributed by atoms with van der Waals surface area (Å²) in [6.07, 6.45) is 7.25. The molecule has 1 aliphatic rings. The van der Waals surface area contributed by atoms with E-state index in [-0.39, 0.29) is 6.04 Å². The second-order valence-corrected chi connectivity index (χ2v) is 5.29. The number of hydrazine groups is 1. The van der Waals surface area contributed by atoms with Gasteiger partial charge in [0.15, 0.2) is 0 Å². The van der Waals surface area contributed by atoms with Crippen molar-refractivity contribution in [1.29, 1.82) is 0 Å². The van der Waals surface area contributed by atoms with Crippen molar-refractivity contribution in [2.45, 2.75) is 25.3 Å². The second kappa shape index (κ2) is 5.58. The maximum atomic E-state index is 5.58. The number of furan rings is 1. The van der Waals surface area contributed by atoms with Crippen molar-refractivity contribution in [1.82, 2.24) is 5.43 Å². The van der Waals surface area contributed by atoms with Crippen LogP contribution in [-0.4, -0.2) is 11.5 Å². The van der Waals surface area contributed by atoms with Crippen molar-refractivity contribution in [3.05, 3.63) is 24.2 Å². The van der Waals surface area contributed by atoms with Gasteiger partial charge in [-0.25, -0.2) is 0 Å². The van der Waals surface area contributed by atoms with E-state index in [0.717, 1.165) is 17.9 Å². The highest BCUT2D eigenvalue weighted by Crippen LogP contribution is 2.30. The molecule has 1 unspecified atom stereocenters. The number of nitrogens with one attached hydrogen (secondary N) is 1. The smallest absolute Gasteiger partial charge is 0.0950 e. The summed E-state index contributed by atoms with van der Waals surface area (Å²) in [5.74, 6) is 8.99. The number of hydrogen-bond acceptors (Lipinski definition) is 4. The van der Waals surface area contributed by atoms with E-state index in [9.17, 15) is 0 Å². The standard InChI is InChI=1S/C11H18N2OS/c12-13-11(10-1-4-14-8-10)7-9-2-5-15-6-3-9/h1,4,8-9,11,13H,2-3,5-7,12H2. The highest BCUT2D eigenvalue weighted by molar-refractivity contribution is 7.99. The molecule has 0 radical (unpaired) electrons. The summed E-state index contributed by atoms with van der Waals surface area (Å²) >= 11 is 2.06. The molecule has 1 saturated heterocycles. The van der Waals surface area contributed by atoms with E-state index in [1.165, 1.54) is 24.3 Å². The largest absolute Gasteiger partial charge is 0.472 e. The molecule has 0 aliphatic carbocycles. The Morgan fingerprint density at radius 3 is 2.93 bits per heavy atom. The van der Waals surface area contributed by atoms with E-state index in [1.807, 2.05) is 6.07 Å². The predicted octanol–water partition coefficient (Wildman–Crippen LogP) is 2.32. The number of nitrogens with two attached hydrogens (primary N) is 1. The van der Waals surface area contributed by atoms with Gasteiger partial charge in [0.05, 0.1) is 12.5 Å². The molecule has 0 aromatic carbocycles. The van der Waals surface area contributed by atoms with Crippen LogP contribution in [0, 0.1) is 5.92 Å². The third-order valence-electron chi connectivity index (χ3n) is 3.06. The maximum Gasteiger partial charge on any atom is 0.0950 e. The molecular weight excluding hydrogens is 208 g/mol. The highest BCUT2D eigenvalue weighted by Gasteiger charge is 2.20. The van der Waals surface area contributed by atoms with Crippen LogP contribution in [0.2, 0.25) is 0 Å². The predicted molar refractivity (Wildman–Crippen MR) is 63.4 cm³/mol. The van der Waals surface area contributed by atoms with Gasteiger partial charge in [-0.3, -0.25) is 11.3 Å². The molecule has 2 heterocycles. The molecule has 1 aromatic rings. The van der Waals surface area contributed by atoms with Crippen LogP contribution in [0.3, 0.4) is 0 Å². The molecule has 15 heavy (non-hydrogen) atoms. The summed E-state index contributed by atoms with van der Waals surface area (Å²) in [5, 5.41) is 0. The van der Waals surface area contributed by atoms with Gasteiger partial charge in [0.25, 0.3) is 0 Å². The lowest BCUT2D eigenvalue weighted by atomic mass is 9.92. The zero-order valence-electron chi connectivity index (χ0n) is 8.82. The van der Waals surface area contributed by atoms with E-state index < -0.39 is 0 Å². The van der Waals surface area contributed by atoms with Crippen molar-refractivity contribution >= 4 is 11.8 Å². The minimum atomic E-state index is 0.247. The molecule has 0 amide bonds. The van der Waals surface area contributed by atoms with E-state index in [2.05, 4.69) is 17.2 Å². The van der Waals surface area contributed by atoms with Crippen molar-refractivity contribution in [2.75, 3.05) is 11.5 Å². The van der Waals surface area contributed by atoms with Crippen LogP contribution in [0.1, 0.15) is 30.9 Å². The van der Waals surface area contributed by atoms with Gasteiger partial charge in [-0.1, -0.05) is 0 Å². The molecule has 3 N–H and O–H groups in total. The van der Waals surface area contributed by atoms with Crippen LogP contribution in [-0.2, 0) is 0 Å². The van der Waals surface area contributed by atoms with Crippen molar-refractivity contribution in [2.24, 2.45) is 11.8 Å². The van der Waals surface area contributed by atoms with Gasteiger partial charge in [0.1, 0.15) is 0 Å². The third-order valence-corrected chi connectivity index (χ3v) is 4.11. The van der Waals surface area contributed by atoms with Crippen LogP contribution >= 0.6 is 11.8 Å². The maximum absolute atomic E-state index is 5.58. The Hall–Kier alpha value is -0.450. The van der Waals surface area contributed by atoms with Crippen molar-refractivity contribution in [3.8, 4) is 0 Å². The quantitative estimate of drug-likeness (QED) is 0.611. The minimum absolute atomic E-state index is 0.247. The topological polar surface area (TPSA) is 51.2 Å². The Labute approximate surface area is 94.8 Å². The fraction of sp³-hybridized carbons (Fsp3) is 0.636. The van der Waals surface area contributed by atoms with E-state index in [0.29, 0.717) is 0 Å². The van der Waals surface area contributed by atoms with Crippen LogP contribution in [0.4, 0.5) is 0 Å².